The highest BCUT2D eigenvalue weighted by atomic mass is 16.5. The molecule has 0 heterocycles. The Morgan fingerprint density at radius 2 is 1.68 bits per heavy atom. The van der Waals surface area contributed by atoms with Crippen LogP contribution in [0.3, 0.4) is 0 Å². The minimum Gasteiger partial charge on any atom is -0.489 e. The molecule has 3 heteroatoms. The van der Waals surface area contributed by atoms with Crippen LogP contribution in [-0.2, 0) is 17.8 Å². The Morgan fingerprint density at radius 1 is 1.05 bits per heavy atom. The van der Waals surface area contributed by atoms with Gasteiger partial charge in [0.1, 0.15) is 12.4 Å². The van der Waals surface area contributed by atoms with E-state index in [1.165, 1.54) is 5.56 Å². The zero-order chi connectivity index (χ0) is 15.9. The first kappa shape index (κ1) is 16.1. The van der Waals surface area contributed by atoms with E-state index >= 15 is 0 Å². The monoisotopic (exact) mass is 297 g/mol. The van der Waals surface area contributed by atoms with E-state index in [4.69, 9.17) is 4.74 Å². The molecule has 22 heavy (non-hydrogen) atoms. The Labute approximate surface area is 132 Å². The summed E-state index contributed by atoms with van der Waals surface area (Å²) in [6.07, 6.45) is 0.842. The van der Waals surface area contributed by atoms with Crippen molar-refractivity contribution in [2.75, 3.05) is 7.05 Å². The van der Waals surface area contributed by atoms with Crippen LogP contribution in [0, 0.1) is 0 Å². The molecule has 0 aliphatic heterocycles. The van der Waals surface area contributed by atoms with E-state index in [1.807, 2.05) is 49.5 Å². The lowest BCUT2D eigenvalue weighted by molar-refractivity contribution is -0.129. The SMILES string of the molecule is CC(=O)N(C)C(C)Cc1ccc(OCc2ccccc2)cc1. The minimum absolute atomic E-state index is 0.0929. The van der Waals surface area contributed by atoms with Crippen molar-refractivity contribution in [3.8, 4) is 5.75 Å². The van der Waals surface area contributed by atoms with E-state index in [0.717, 1.165) is 17.7 Å². The van der Waals surface area contributed by atoms with Crippen LogP contribution in [0.2, 0.25) is 0 Å². The van der Waals surface area contributed by atoms with E-state index in [-0.39, 0.29) is 11.9 Å². The van der Waals surface area contributed by atoms with Gasteiger partial charge < -0.3 is 9.64 Å². The smallest absolute Gasteiger partial charge is 0.219 e. The largest absolute Gasteiger partial charge is 0.489 e. The highest BCUT2D eigenvalue weighted by Gasteiger charge is 2.12. The molecule has 2 aromatic carbocycles. The quantitative estimate of drug-likeness (QED) is 0.814. The Morgan fingerprint density at radius 3 is 2.27 bits per heavy atom. The molecule has 116 valence electrons. The third-order valence-corrected chi connectivity index (χ3v) is 3.86. The lowest BCUT2D eigenvalue weighted by Crippen LogP contribution is -2.34. The number of hydrogen-bond acceptors (Lipinski definition) is 2. The predicted octanol–water partition coefficient (Wildman–Crippen LogP) is 3.67. The molecule has 0 spiro atoms. The fraction of sp³-hybridized carbons (Fsp3) is 0.316. The zero-order valence-corrected chi connectivity index (χ0v) is 13.5. The van der Waals surface area contributed by atoms with Crippen molar-refractivity contribution in [3.05, 3.63) is 65.7 Å². The Hall–Kier alpha value is -2.29. The maximum atomic E-state index is 11.4. The number of ether oxygens (including phenoxy) is 1. The molecule has 0 radical (unpaired) electrons. The number of benzene rings is 2. The van der Waals surface area contributed by atoms with Crippen molar-refractivity contribution in [2.45, 2.75) is 32.9 Å². The predicted molar refractivity (Wildman–Crippen MR) is 88.8 cm³/mol. The van der Waals surface area contributed by atoms with Gasteiger partial charge in [-0.1, -0.05) is 42.5 Å². The minimum atomic E-state index is 0.0929. The van der Waals surface area contributed by atoms with Crippen molar-refractivity contribution in [1.82, 2.24) is 4.90 Å². The zero-order valence-electron chi connectivity index (χ0n) is 13.5. The second kappa shape index (κ2) is 7.64. The Bertz CT molecular complexity index is 593. The van der Waals surface area contributed by atoms with E-state index in [9.17, 15) is 4.79 Å². The number of carbonyl (C=O) groups is 1. The van der Waals surface area contributed by atoms with Crippen LogP contribution in [0.25, 0.3) is 0 Å². The summed E-state index contributed by atoms with van der Waals surface area (Å²) in [6.45, 7) is 4.22. The van der Waals surface area contributed by atoms with Gasteiger partial charge in [0.2, 0.25) is 5.91 Å². The topological polar surface area (TPSA) is 29.5 Å². The fourth-order valence-corrected chi connectivity index (χ4v) is 2.25. The Kier molecular flexibility index (Phi) is 5.59. The van der Waals surface area contributed by atoms with Gasteiger partial charge in [0.05, 0.1) is 0 Å². The maximum Gasteiger partial charge on any atom is 0.219 e. The fourth-order valence-electron chi connectivity index (χ4n) is 2.25. The van der Waals surface area contributed by atoms with Crippen LogP contribution in [0.15, 0.2) is 54.6 Å². The van der Waals surface area contributed by atoms with Crippen molar-refractivity contribution in [1.29, 1.82) is 0 Å². The number of amides is 1. The maximum absolute atomic E-state index is 11.4. The molecule has 2 aromatic rings. The Balaban J connectivity index is 1.89. The summed E-state index contributed by atoms with van der Waals surface area (Å²) in [6, 6.07) is 18.4. The average molecular weight is 297 g/mol. The number of hydrogen-bond donors (Lipinski definition) is 0. The molecule has 0 aliphatic carbocycles. The van der Waals surface area contributed by atoms with Crippen LogP contribution in [0.4, 0.5) is 0 Å². The first-order valence-electron chi connectivity index (χ1n) is 7.55. The van der Waals surface area contributed by atoms with Crippen LogP contribution in [0.5, 0.6) is 5.75 Å². The summed E-state index contributed by atoms with van der Waals surface area (Å²) in [5.41, 5.74) is 2.36. The summed E-state index contributed by atoms with van der Waals surface area (Å²) in [4.78, 5) is 13.1. The number of nitrogens with zero attached hydrogens (tertiary/aromatic N) is 1. The highest BCUT2D eigenvalue weighted by molar-refractivity contribution is 5.73. The van der Waals surface area contributed by atoms with E-state index < -0.39 is 0 Å². The molecular formula is C19H23NO2. The number of carbonyl (C=O) groups excluding carboxylic acids is 1. The number of likely N-dealkylation sites (N-methyl/N-ethyl adjacent to an activating group) is 1. The molecule has 3 nitrogen and oxygen atoms in total. The molecule has 1 amide bonds. The van der Waals surface area contributed by atoms with Crippen LogP contribution in [-0.4, -0.2) is 23.9 Å². The molecule has 0 aliphatic rings. The molecule has 2 rings (SSSR count). The van der Waals surface area contributed by atoms with Gasteiger partial charge in [-0.25, -0.2) is 0 Å². The van der Waals surface area contributed by atoms with Crippen LogP contribution in [0.1, 0.15) is 25.0 Å². The second-order valence-corrected chi connectivity index (χ2v) is 5.60. The molecule has 0 saturated carbocycles. The molecule has 0 saturated heterocycles. The van der Waals surface area contributed by atoms with Gasteiger partial charge in [-0.05, 0) is 36.6 Å². The van der Waals surface area contributed by atoms with Gasteiger partial charge in [-0.2, -0.15) is 0 Å². The summed E-state index contributed by atoms with van der Waals surface area (Å²) in [5.74, 6) is 0.954. The summed E-state index contributed by atoms with van der Waals surface area (Å²) < 4.78 is 5.77. The van der Waals surface area contributed by atoms with Crippen molar-refractivity contribution in [2.24, 2.45) is 0 Å². The molecule has 0 bridgehead atoms. The van der Waals surface area contributed by atoms with Crippen molar-refractivity contribution in [3.63, 3.8) is 0 Å². The average Bonchev–Trinajstić information content (AvgIpc) is 2.54. The van der Waals surface area contributed by atoms with Crippen molar-refractivity contribution >= 4 is 5.91 Å². The summed E-state index contributed by atoms with van der Waals surface area (Å²) in [5, 5.41) is 0. The van der Waals surface area contributed by atoms with Gasteiger partial charge in [-0.3, -0.25) is 4.79 Å². The second-order valence-electron chi connectivity index (χ2n) is 5.60. The van der Waals surface area contributed by atoms with E-state index in [0.29, 0.717) is 6.61 Å². The third kappa shape index (κ3) is 4.62. The van der Waals surface area contributed by atoms with Crippen LogP contribution >= 0.6 is 0 Å². The normalized spacial score (nSPS) is 11.8. The molecule has 1 atom stereocenters. The van der Waals surface area contributed by atoms with Gasteiger partial charge in [0, 0.05) is 20.0 Å². The van der Waals surface area contributed by atoms with E-state index in [1.54, 1.807) is 11.8 Å². The molecule has 0 fully saturated rings. The van der Waals surface area contributed by atoms with Gasteiger partial charge in [0.15, 0.2) is 0 Å². The first-order valence-corrected chi connectivity index (χ1v) is 7.55. The van der Waals surface area contributed by atoms with Gasteiger partial charge >= 0.3 is 0 Å². The molecule has 1 unspecified atom stereocenters. The van der Waals surface area contributed by atoms with E-state index in [2.05, 4.69) is 19.1 Å². The highest BCUT2D eigenvalue weighted by Crippen LogP contribution is 2.16. The van der Waals surface area contributed by atoms with Crippen LogP contribution < -0.4 is 4.74 Å². The van der Waals surface area contributed by atoms with Crippen molar-refractivity contribution < 1.29 is 9.53 Å². The molecular weight excluding hydrogens is 274 g/mol. The number of rotatable bonds is 6. The van der Waals surface area contributed by atoms with Gasteiger partial charge in [-0.15, -0.1) is 0 Å². The van der Waals surface area contributed by atoms with Gasteiger partial charge in [0.25, 0.3) is 0 Å². The first-order chi connectivity index (χ1) is 10.6. The lowest BCUT2D eigenvalue weighted by Gasteiger charge is -2.23. The summed E-state index contributed by atoms with van der Waals surface area (Å²) in [7, 11) is 1.84. The summed E-state index contributed by atoms with van der Waals surface area (Å²) >= 11 is 0. The third-order valence-electron chi connectivity index (χ3n) is 3.86. The molecule has 0 N–H and O–H groups in total. The standard InChI is InChI=1S/C19H23NO2/c1-15(20(3)16(2)21)13-17-9-11-19(12-10-17)22-14-18-7-5-4-6-8-18/h4-12,15H,13-14H2,1-3H3. The molecule has 0 aromatic heterocycles. The lowest BCUT2D eigenvalue weighted by atomic mass is 10.1.